The van der Waals surface area contributed by atoms with Crippen molar-refractivity contribution in [2.24, 2.45) is 5.73 Å². The van der Waals surface area contributed by atoms with Crippen LogP contribution in [-0.2, 0) is 0 Å². The first-order chi connectivity index (χ1) is 4.72. The Bertz CT molecular complexity index is 146. The number of rotatable bonds is 1. The highest BCUT2D eigenvalue weighted by Crippen LogP contribution is 1.97. The highest BCUT2D eigenvalue weighted by molar-refractivity contribution is 5.08. The minimum Gasteiger partial charge on any atom is -0.375 e. The van der Waals surface area contributed by atoms with Gasteiger partial charge in [0.25, 0.3) is 0 Å². The number of aliphatic hydroxyl groups excluding tert-OH is 1. The standard InChI is InChI=1S/C6H13N3O/c1-4-8-5(3-7)2-6(10)9-4/h2,4,6,8-10H,3,7H2,1H3/t4-,6?/m1/s1. The van der Waals surface area contributed by atoms with Gasteiger partial charge >= 0.3 is 0 Å². The highest BCUT2D eigenvalue weighted by Gasteiger charge is 2.12. The summed E-state index contributed by atoms with van der Waals surface area (Å²) < 4.78 is 0. The van der Waals surface area contributed by atoms with Crippen LogP contribution < -0.4 is 16.4 Å². The Balaban J connectivity index is 2.56. The summed E-state index contributed by atoms with van der Waals surface area (Å²) in [5.41, 5.74) is 6.25. The fourth-order valence-corrected chi connectivity index (χ4v) is 0.990. The van der Waals surface area contributed by atoms with E-state index in [2.05, 4.69) is 10.6 Å². The van der Waals surface area contributed by atoms with Crippen molar-refractivity contribution < 1.29 is 5.11 Å². The van der Waals surface area contributed by atoms with E-state index in [0.717, 1.165) is 5.70 Å². The molecule has 5 N–H and O–H groups in total. The van der Waals surface area contributed by atoms with Gasteiger partial charge in [-0.25, -0.2) is 0 Å². The second kappa shape index (κ2) is 3.01. The number of hydrogen-bond donors (Lipinski definition) is 4. The van der Waals surface area contributed by atoms with E-state index in [1.807, 2.05) is 6.92 Å². The summed E-state index contributed by atoms with van der Waals surface area (Å²) in [6.45, 7) is 2.37. The van der Waals surface area contributed by atoms with E-state index in [-0.39, 0.29) is 6.17 Å². The molecule has 1 rings (SSSR count). The van der Waals surface area contributed by atoms with Crippen molar-refractivity contribution in [3.8, 4) is 0 Å². The van der Waals surface area contributed by atoms with E-state index in [1.165, 1.54) is 0 Å². The van der Waals surface area contributed by atoms with Gasteiger partial charge in [0.2, 0.25) is 0 Å². The number of nitrogens with one attached hydrogen (secondary N) is 2. The molecule has 0 fully saturated rings. The highest BCUT2D eigenvalue weighted by atomic mass is 16.3. The smallest absolute Gasteiger partial charge is 0.127 e. The lowest BCUT2D eigenvalue weighted by Crippen LogP contribution is -2.49. The lowest BCUT2D eigenvalue weighted by molar-refractivity contribution is 0.153. The molecule has 1 aliphatic rings. The molecule has 1 unspecified atom stereocenters. The van der Waals surface area contributed by atoms with Crippen LogP contribution in [0.4, 0.5) is 0 Å². The Morgan fingerprint density at radius 3 is 3.00 bits per heavy atom. The Kier molecular flexibility index (Phi) is 2.26. The van der Waals surface area contributed by atoms with Crippen molar-refractivity contribution in [1.29, 1.82) is 0 Å². The lowest BCUT2D eigenvalue weighted by Gasteiger charge is -2.26. The molecule has 0 saturated carbocycles. The summed E-state index contributed by atoms with van der Waals surface area (Å²) in [7, 11) is 0. The number of aliphatic hydroxyl groups is 1. The zero-order valence-corrected chi connectivity index (χ0v) is 5.96. The SMILES string of the molecule is C[C@@H]1NC(CN)=CC(O)N1. The van der Waals surface area contributed by atoms with Crippen LogP contribution in [0.3, 0.4) is 0 Å². The van der Waals surface area contributed by atoms with Crippen LogP contribution in [0.1, 0.15) is 6.92 Å². The summed E-state index contributed by atoms with van der Waals surface area (Å²) in [6.07, 6.45) is 1.20. The van der Waals surface area contributed by atoms with Crippen molar-refractivity contribution in [3.63, 3.8) is 0 Å². The normalized spacial score (nSPS) is 32.9. The van der Waals surface area contributed by atoms with Crippen LogP contribution in [0.5, 0.6) is 0 Å². The predicted octanol–water partition coefficient (Wildman–Crippen LogP) is -1.31. The Labute approximate surface area is 60.1 Å². The molecule has 0 aromatic heterocycles. The average molecular weight is 143 g/mol. The molecule has 0 bridgehead atoms. The number of hydrogen-bond acceptors (Lipinski definition) is 4. The first kappa shape index (κ1) is 7.53. The van der Waals surface area contributed by atoms with Gasteiger partial charge in [0.15, 0.2) is 0 Å². The van der Waals surface area contributed by atoms with Crippen LogP contribution in [0.15, 0.2) is 11.8 Å². The molecule has 0 saturated heterocycles. The molecule has 10 heavy (non-hydrogen) atoms. The maximum atomic E-state index is 9.10. The van der Waals surface area contributed by atoms with Crippen molar-refractivity contribution in [1.82, 2.24) is 10.6 Å². The summed E-state index contributed by atoms with van der Waals surface area (Å²) >= 11 is 0. The minimum absolute atomic E-state index is 0.0959. The van der Waals surface area contributed by atoms with Gasteiger partial charge in [-0.05, 0) is 13.0 Å². The van der Waals surface area contributed by atoms with Crippen molar-refractivity contribution in [3.05, 3.63) is 11.8 Å². The summed E-state index contributed by atoms with van der Waals surface area (Å²) in [4.78, 5) is 0. The zero-order chi connectivity index (χ0) is 7.56. The summed E-state index contributed by atoms with van der Waals surface area (Å²) in [6, 6.07) is 0. The maximum absolute atomic E-state index is 9.10. The molecule has 2 atom stereocenters. The van der Waals surface area contributed by atoms with Crippen molar-refractivity contribution in [2.75, 3.05) is 6.54 Å². The van der Waals surface area contributed by atoms with Crippen LogP contribution in [0, 0.1) is 0 Å². The van der Waals surface area contributed by atoms with Gasteiger partial charge in [0, 0.05) is 12.2 Å². The van der Waals surface area contributed by atoms with Crippen LogP contribution in [-0.4, -0.2) is 24.0 Å². The van der Waals surface area contributed by atoms with Crippen LogP contribution in [0.25, 0.3) is 0 Å². The molecule has 0 amide bonds. The molecule has 4 heteroatoms. The third-order valence-electron chi connectivity index (χ3n) is 1.40. The lowest BCUT2D eigenvalue weighted by atomic mass is 10.3. The molecule has 1 aliphatic heterocycles. The van der Waals surface area contributed by atoms with Gasteiger partial charge in [-0.15, -0.1) is 0 Å². The molecule has 0 aliphatic carbocycles. The predicted molar refractivity (Wildman–Crippen MR) is 38.9 cm³/mol. The molecule has 4 nitrogen and oxygen atoms in total. The third kappa shape index (κ3) is 1.70. The van der Waals surface area contributed by atoms with E-state index in [0.29, 0.717) is 6.54 Å². The van der Waals surface area contributed by atoms with E-state index in [9.17, 15) is 0 Å². The molecule has 1 heterocycles. The second-order valence-electron chi connectivity index (χ2n) is 2.37. The quantitative estimate of drug-likeness (QED) is 0.368. The summed E-state index contributed by atoms with van der Waals surface area (Å²) in [5.74, 6) is 0. The van der Waals surface area contributed by atoms with Crippen molar-refractivity contribution in [2.45, 2.75) is 19.3 Å². The van der Waals surface area contributed by atoms with E-state index >= 15 is 0 Å². The monoisotopic (exact) mass is 143 g/mol. The fourth-order valence-electron chi connectivity index (χ4n) is 0.990. The summed E-state index contributed by atoms with van der Waals surface area (Å²) in [5, 5.41) is 15.0. The van der Waals surface area contributed by atoms with Gasteiger partial charge in [-0.3, -0.25) is 5.32 Å². The van der Waals surface area contributed by atoms with Gasteiger partial charge in [0.1, 0.15) is 6.23 Å². The molecular weight excluding hydrogens is 130 g/mol. The van der Waals surface area contributed by atoms with Crippen LogP contribution >= 0.6 is 0 Å². The average Bonchev–Trinajstić information content (AvgIpc) is 1.85. The first-order valence-corrected chi connectivity index (χ1v) is 3.34. The van der Waals surface area contributed by atoms with Gasteiger partial charge < -0.3 is 16.2 Å². The van der Waals surface area contributed by atoms with Crippen LogP contribution in [0.2, 0.25) is 0 Å². The largest absolute Gasteiger partial charge is 0.375 e. The molecule has 0 spiro atoms. The first-order valence-electron chi connectivity index (χ1n) is 3.34. The molecular formula is C6H13N3O. The Morgan fingerprint density at radius 2 is 2.50 bits per heavy atom. The fraction of sp³-hybridized carbons (Fsp3) is 0.667. The van der Waals surface area contributed by atoms with Gasteiger partial charge in [-0.1, -0.05) is 0 Å². The topological polar surface area (TPSA) is 70.3 Å². The second-order valence-corrected chi connectivity index (χ2v) is 2.37. The number of nitrogens with two attached hydrogens (primary N) is 1. The van der Waals surface area contributed by atoms with E-state index in [4.69, 9.17) is 10.8 Å². The van der Waals surface area contributed by atoms with E-state index in [1.54, 1.807) is 6.08 Å². The minimum atomic E-state index is -0.560. The molecule has 0 aromatic rings. The Hall–Kier alpha value is -0.580. The maximum Gasteiger partial charge on any atom is 0.127 e. The Morgan fingerprint density at radius 1 is 1.80 bits per heavy atom. The zero-order valence-electron chi connectivity index (χ0n) is 5.96. The molecule has 58 valence electrons. The van der Waals surface area contributed by atoms with Gasteiger partial charge in [0.05, 0.1) is 6.17 Å². The molecule has 0 radical (unpaired) electrons. The van der Waals surface area contributed by atoms with Crippen molar-refractivity contribution >= 4 is 0 Å². The third-order valence-corrected chi connectivity index (χ3v) is 1.40. The van der Waals surface area contributed by atoms with E-state index < -0.39 is 6.23 Å². The molecule has 0 aromatic carbocycles. The van der Waals surface area contributed by atoms with Gasteiger partial charge in [-0.2, -0.15) is 0 Å².